The molecule has 0 aromatic heterocycles. The number of amides is 1. The average Bonchev–Trinajstić information content (AvgIpc) is 3.44. The lowest BCUT2D eigenvalue weighted by atomic mass is 9.70. The molecule has 1 atom stereocenters. The van der Waals surface area contributed by atoms with Crippen LogP contribution in [0.5, 0.6) is 0 Å². The lowest BCUT2D eigenvalue weighted by molar-refractivity contribution is -0.128. The Kier molecular flexibility index (Phi) is 5.95. The SMILES string of the molecule is CC(C)(C(=O)NC1=NCCS1)C(c1ccccc1)c1ccc(N2CCCC2)cc1. The number of nitrogens with one attached hydrogen (secondary N) is 1. The van der Waals surface area contributed by atoms with Crippen LogP contribution in [-0.2, 0) is 4.79 Å². The van der Waals surface area contributed by atoms with Crippen molar-refractivity contribution in [1.29, 1.82) is 0 Å². The summed E-state index contributed by atoms with van der Waals surface area (Å²) < 4.78 is 0. The third kappa shape index (κ3) is 4.35. The van der Waals surface area contributed by atoms with Crippen molar-refractivity contribution in [2.75, 3.05) is 30.3 Å². The van der Waals surface area contributed by atoms with E-state index in [4.69, 9.17) is 0 Å². The smallest absolute Gasteiger partial charge is 0.232 e. The molecule has 0 radical (unpaired) electrons. The highest BCUT2D eigenvalue weighted by atomic mass is 32.2. The van der Waals surface area contributed by atoms with Crippen LogP contribution in [0.25, 0.3) is 0 Å². The zero-order valence-corrected chi connectivity index (χ0v) is 18.0. The molecule has 4 nitrogen and oxygen atoms in total. The molecule has 2 aromatic carbocycles. The fourth-order valence-corrected chi connectivity index (χ4v) is 5.05. The molecule has 0 bridgehead atoms. The maximum absolute atomic E-state index is 13.3. The summed E-state index contributed by atoms with van der Waals surface area (Å²) in [5.74, 6) is 0.919. The van der Waals surface area contributed by atoms with Crippen molar-refractivity contribution in [2.45, 2.75) is 32.6 Å². The van der Waals surface area contributed by atoms with Crippen molar-refractivity contribution in [2.24, 2.45) is 10.4 Å². The van der Waals surface area contributed by atoms with Crippen molar-refractivity contribution in [3.63, 3.8) is 0 Å². The predicted octanol–water partition coefficient (Wildman–Crippen LogP) is 4.66. The summed E-state index contributed by atoms with van der Waals surface area (Å²) in [7, 11) is 0. The van der Waals surface area contributed by atoms with Gasteiger partial charge in [-0.2, -0.15) is 0 Å². The molecule has 1 N–H and O–H groups in total. The van der Waals surface area contributed by atoms with E-state index in [1.54, 1.807) is 11.8 Å². The molecule has 2 aliphatic heterocycles. The van der Waals surface area contributed by atoms with Gasteiger partial charge < -0.3 is 10.2 Å². The molecule has 29 heavy (non-hydrogen) atoms. The number of amidine groups is 1. The van der Waals surface area contributed by atoms with Crippen LogP contribution in [0.15, 0.2) is 59.6 Å². The van der Waals surface area contributed by atoms with Crippen molar-refractivity contribution in [1.82, 2.24) is 5.32 Å². The van der Waals surface area contributed by atoms with Crippen LogP contribution < -0.4 is 10.2 Å². The molecule has 152 valence electrons. The summed E-state index contributed by atoms with van der Waals surface area (Å²) in [5.41, 5.74) is 2.97. The Morgan fingerprint density at radius 1 is 1.03 bits per heavy atom. The van der Waals surface area contributed by atoms with Gasteiger partial charge in [-0.05, 0) is 36.1 Å². The van der Waals surface area contributed by atoms with Gasteiger partial charge in [0.05, 0.1) is 12.0 Å². The second kappa shape index (κ2) is 8.62. The first-order valence-electron chi connectivity index (χ1n) is 10.4. The van der Waals surface area contributed by atoms with E-state index in [1.165, 1.54) is 24.1 Å². The minimum absolute atomic E-state index is 0.0168. The number of thioether (sulfide) groups is 1. The Labute approximate surface area is 177 Å². The van der Waals surface area contributed by atoms with Gasteiger partial charge in [0.1, 0.15) is 0 Å². The number of carbonyl (C=O) groups excluding carboxylic acids is 1. The predicted molar refractivity (Wildman–Crippen MR) is 123 cm³/mol. The van der Waals surface area contributed by atoms with Crippen LogP contribution in [0.3, 0.4) is 0 Å². The van der Waals surface area contributed by atoms with E-state index >= 15 is 0 Å². The normalized spacial score (nSPS) is 17.9. The molecule has 2 aliphatic rings. The van der Waals surface area contributed by atoms with Gasteiger partial charge in [-0.15, -0.1) is 0 Å². The quantitative estimate of drug-likeness (QED) is 0.784. The van der Waals surface area contributed by atoms with Gasteiger partial charge in [-0.3, -0.25) is 9.79 Å². The monoisotopic (exact) mass is 407 g/mol. The fraction of sp³-hybridized carbons (Fsp3) is 0.417. The maximum atomic E-state index is 13.3. The summed E-state index contributed by atoms with van der Waals surface area (Å²) >= 11 is 1.62. The van der Waals surface area contributed by atoms with Crippen molar-refractivity contribution >= 4 is 28.5 Å². The summed E-state index contributed by atoms with van der Waals surface area (Å²) in [5, 5.41) is 3.81. The molecule has 1 saturated heterocycles. The zero-order valence-electron chi connectivity index (χ0n) is 17.2. The van der Waals surface area contributed by atoms with Gasteiger partial charge in [0, 0.05) is 30.4 Å². The first kappa shape index (κ1) is 20.0. The molecular weight excluding hydrogens is 378 g/mol. The van der Waals surface area contributed by atoms with Crippen LogP contribution >= 0.6 is 11.8 Å². The third-order valence-corrected chi connectivity index (χ3v) is 6.83. The maximum Gasteiger partial charge on any atom is 0.232 e. The largest absolute Gasteiger partial charge is 0.372 e. The number of aliphatic imine (C=N–C) groups is 1. The van der Waals surface area contributed by atoms with Crippen molar-refractivity contribution < 1.29 is 4.79 Å². The number of rotatable bonds is 5. The number of nitrogens with zero attached hydrogens (tertiary/aromatic N) is 2. The molecular formula is C24H29N3OS. The first-order chi connectivity index (χ1) is 14.1. The van der Waals surface area contributed by atoms with Crippen LogP contribution in [0.4, 0.5) is 5.69 Å². The van der Waals surface area contributed by atoms with Crippen LogP contribution in [0.1, 0.15) is 43.7 Å². The summed E-state index contributed by atoms with van der Waals surface area (Å²) in [6.07, 6.45) is 2.53. The van der Waals surface area contributed by atoms with Gasteiger partial charge >= 0.3 is 0 Å². The average molecular weight is 408 g/mol. The summed E-state index contributed by atoms with van der Waals surface area (Å²) in [6.45, 7) is 7.12. The number of benzene rings is 2. The Morgan fingerprint density at radius 2 is 1.69 bits per heavy atom. The molecule has 4 rings (SSSR count). The number of hydrogen-bond donors (Lipinski definition) is 1. The highest BCUT2D eigenvalue weighted by molar-refractivity contribution is 8.14. The lowest BCUT2D eigenvalue weighted by Gasteiger charge is -2.34. The number of carbonyl (C=O) groups is 1. The molecule has 2 heterocycles. The summed E-state index contributed by atoms with van der Waals surface area (Å²) in [6, 6.07) is 19.2. The molecule has 1 unspecified atom stereocenters. The Bertz CT molecular complexity index is 871. The molecule has 0 aliphatic carbocycles. The third-order valence-electron chi connectivity index (χ3n) is 5.94. The van der Waals surface area contributed by atoms with E-state index in [-0.39, 0.29) is 11.8 Å². The van der Waals surface area contributed by atoms with Gasteiger partial charge in [0.15, 0.2) is 5.17 Å². The number of anilines is 1. The second-order valence-electron chi connectivity index (χ2n) is 8.34. The van der Waals surface area contributed by atoms with Crippen molar-refractivity contribution in [3.8, 4) is 0 Å². The Morgan fingerprint density at radius 3 is 2.31 bits per heavy atom. The van der Waals surface area contributed by atoms with E-state index < -0.39 is 5.41 Å². The molecule has 1 fully saturated rings. The standard InChI is InChI=1S/C24H29N3OS/c1-24(2,22(28)26-23-25-14-17-29-23)21(18-8-4-3-5-9-18)19-10-12-20(13-11-19)27-15-6-7-16-27/h3-5,8-13,21H,6-7,14-17H2,1-2H3,(H,25,26,28). The van der Waals surface area contributed by atoms with Gasteiger partial charge in [0.25, 0.3) is 0 Å². The summed E-state index contributed by atoms with van der Waals surface area (Å²) in [4.78, 5) is 20.1. The van der Waals surface area contributed by atoms with Gasteiger partial charge in [-0.25, -0.2) is 0 Å². The van der Waals surface area contributed by atoms with Crippen LogP contribution in [-0.4, -0.2) is 36.5 Å². The van der Waals surface area contributed by atoms with E-state index in [0.717, 1.165) is 36.1 Å². The molecule has 2 aromatic rings. The molecule has 0 saturated carbocycles. The highest BCUT2D eigenvalue weighted by Crippen LogP contribution is 2.42. The van der Waals surface area contributed by atoms with Crippen molar-refractivity contribution in [3.05, 3.63) is 65.7 Å². The van der Waals surface area contributed by atoms with E-state index in [9.17, 15) is 4.79 Å². The van der Waals surface area contributed by atoms with E-state index in [0.29, 0.717) is 0 Å². The topological polar surface area (TPSA) is 44.7 Å². The Hall–Kier alpha value is -2.27. The minimum atomic E-state index is -0.623. The lowest BCUT2D eigenvalue weighted by Crippen LogP contribution is -2.43. The zero-order chi connectivity index (χ0) is 20.3. The fourth-order valence-electron chi connectivity index (χ4n) is 4.32. The molecule has 5 heteroatoms. The highest BCUT2D eigenvalue weighted by Gasteiger charge is 2.39. The van der Waals surface area contributed by atoms with Gasteiger partial charge in [0.2, 0.25) is 5.91 Å². The van der Waals surface area contributed by atoms with Crippen LogP contribution in [0, 0.1) is 5.41 Å². The number of hydrogen-bond acceptors (Lipinski definition) is 4. The molecule has 1 amide bonds. The van der Waals surface area contributed by atoms with Crippen LogP contribution in [0.2, 0.25) is 0 Å². The first-order valence-corrected chi connectivity index (χ1v) is 11.4. The minimum Gasteiger partial charge on any atom is -0.372 e. The van der Waals surface area contributed by atoms with Gasteiger partial charge in [-0.1, -0.05) is 68.1 Å². The van der Waals surface area contributed by atoms with E-state index in [2.05, 4.69) is 51.6 Å². The Balaban J connectivity index is 1.65. The molecule has 0 spiro atoms. The second-order valence-corrected chi connectivity index (χ2v) is 9.42. The van der Waals surface area contributed by atoms with E-state index in [1.807, 2.05) is 32.0 Å².